The van der Waals surface area contributed by atoms with Gasteiger partial charge in [-0.3, -0.25) is 0 Å². The molecule has 25 heavy (non-hydrogen) atoms. The molecule has 0 amide bonds. The van der Waals surface area contributed by atoms with Crippen LogP contribution in [-0.4, -0.2) is 14.6 Å². The molecule has 0 atom stereocenters. The van der Waals surface area contributed by atoms with E-state index >= 15 is 0 Å². The lowest BCUT2D eigenvalue weighted by atomic mass is 10.1. The minimum atomic E-state index is -4.57. The monoisotopic (exact) mass is 343 g/mol. The summed E-state index contributed by atoms with van der Waals surface area (Å²) in [4.78, 5) is 4.26. The number of nitrogens with zero attached hydrogens (tertiary/aromatic N) is 3. The third kappa shape index (κ3) is 2.77. The number of alkyl halides is 3. The molecule has 3 aromatic heterocycles. The van der Waals surface area contributed by atoms with Crippen molar-refractivity contribution < 1.29 is 17.6 Å². The molecular formula is C18H12F3N3O. The average Bonchev–Trinajstić information content (AvgIpc) is 3.23. The number of hydrogen-bond acceptors (Lipinski definition) is 3. The van der Waals surface area contributed by atoms with E-state index in [4.69, 9.17) is 4.42 Å². The summed E-state index contributed by atoms with van der Waals surface area (Å²) in [6.07, 6.45) is -3.18. The van der Waals surface area contributed by atoms with Crippen molar-refractivity contribution >= 4 is 5.65 Å². The number of benzene rings is 1. The smallest absolute Gasteiger partial charge is 0.433 e. The predicted octanol–water partition coefficient (Wildman–Crippen LogP) is 4.98. The van der Waals surface area contributed by atoms with Crippen LogP contribution < -0.4 is 0 Å². The average molecular weight is 343 g/mol. The van der Waals surface area contributed by atoms with Gasteiger partial charge in [-0.25, -0.2) is 9.50 Å². The molecule has 0 bridgehead atoms. The van der Waals surface area contributed by atoms with Gasteiger partial charge in [-0.1, -0.05) is 29.8 Å². The van der Waals surface area contributed by atoms with Gasteiger partial charge in [-0.05, 0) is 25.1 Å². The Morgan fingerprint density at radius 1 is 1.00 bits per heavy atom. The van der Waals surface area contributed by atoms with Crippen molar-refractivity contribution in [1.82, 2.24) is 14.6 Å². The molecule has 0 fully saturated rings. The molecule has 0 radical (unpaired) electrons. The zero-order valence-corrected chi connectivity index (χ0v) is 13.1. The fourth-order valence-corrected chi connectivity index (χ4v) is 2.59. The van der Waals surface area contributed by atoms with Crippen LogP contribution in [0.25, 0.3) is 28.4 Å². The molecule has 0 N–H and O–H groups in total. The molecule has 1 aromatic carbocycles. The molecule has 0 spiro atoms. The van der Waals surface area contributed by atoms with Gasteiger partial charge in [0, 0.05) is 11.6 Å². The molecule has 0 saturated heterocycles. The van der Waals surface area contributed by atoms with Crippen molar-refractivity contribution in [3.63, 3.8) is 0 Å². The minimum absolute atomic E-state index is 0.108. The van der Waals surface area contributed by atoms with Crippen LogP contribution in [0.15, 0.2) is 59.2 Å². The number of aromatic nitrogens is 3. The SMILES string of the molecule is Cc1ccc(-c2cc3nc(-c4ccco4)cc(C(F)(F)F)n3n2)cc1. The summed E-state index contributed by atoms with van der Waals surface area (Å²) < 4.78 is 46.5. The fraction of sp³-hybridized carbons (Fsp3) is 0.111. The Labute approximate surface area is 140 Å². The van der Waals surface area contributed by atoms with Crippen molar-refractivity contribution in [2.24, 2.45) is 0 Å². The van der Waals surface area contributed by atoms with E-state index in [2.05, 4.69) is 10.1 Å². The Morgan fingerprint density at radius 2 is 1.76 bits per heavy atom. The lowest BCUT2D eigenvalue weighted by Crippen LogP contribution is -2.13. The van der Waals surface area contributed by atoms with Crippen LogP contribution in [0.2, 0.25) is 0 Å². The zero-order chi connectivity index (χ0) is 17.6. The van der Waals surface area contributed by atoms with Crippen LogP contribution in [0, 0.1) is 6.92 Å². The molecule has 0 unspecified atom stereocenters. The number of halogens is 3. The fourth-order valence-electron chi connectivity index (χ4n) is 2.59. The molecular weight excluding hydrogens is 331 g/mol. The largest absolute Gasteiger partial charge is 0.463 e. The first kappa shape index (κ1) is 15.4. The third-order valence-corrected chi connectivity index (χ3v) is 3.84. The normalized spacial score (nSPS) is 12.0. The summed E-state index contributed by atoms with van der Waals surface area (Å²) in [6.45, 7) is 1.94. The van der Waals surface area contributed by atoms with E-state index in [9.17, 15) is 13.2 Å². The number of aryl methyl sites for hydroxylation is 1. The quantitative estimate of drug-likeness (QED) is 0.515. The summed E-state index contributed by atoms with van der Waals surface area (Å²) in [5.74, 6) is 0.270. The van der Waals surface area contributed by atoms with E-state index in [0.717, 1.165) is 21.7 Å². The van der Waals surface area contributed by atoms with Crippen molar-refractivity contribution in [3.8, 4) is 22.7 Å². The van der Waals surface area contributed by atoms with Crippen molar-refractivity contribution in [2.45, 2.75) is 13.1 Å². The standard InChI is InChI=1S/C18H12F3N3O/c1-11-4-6-12(7-5-11)13-10-17-22-14(15-3-2-8-25-15)9-16(18(19,20)21)24(17)23-13/h2-10H,1H3. The lowest BCUT2D eigenvalue weighted by Gasteiger charge is -2.09. The number of fused-ring (bicyclic) bond motifs is 1. The van der Waals surface area contributed by atoms with E-state index in [1.165, 1.54) is 12.3 Å². The minimum Gasteiger partial charge on any atom is -0.463 e. The van der Waals surface area contributed by atoms with E-state index in [1.54, 1.807) is 12.1 Å². The van der Waals surface area contributed by atoms with Crippen LogP contribution in [0.3, 0.4) is 0 Å². The summed E-state index contributed by atoms with van der Waals surface area (Å²) in [5, 5.41) is 4.11. The Hall–Kier alpha value is -3.09. The highest BCUT2D eigenvalue weighted by Crippen LogP contribution is 2.33. The number of hydrogen-bond donors (Lipinski definition) is 0. The molecule has 4 nitrogen and oxygen atoms in total. The van der Waals surface area contributed by atoms with Crippen LogP contribution in [0.4, 0.5) is 13.2 Å². The second-order valence-electron chi connectivity index (χ2n) is 5.67. The van der Waals surface area contributed by atoms with Crippen molar-refractivity contribution in [2.75, 3.05) is 0 Å². The maximum Gasteiger partial charge on any atom is 0.433 e. The summed E-state index contributed by atoms with van der Waals surface area (Å²) in [7, 11) is 0. The van der Waals surface area contributed by atoms with Gasteiger partial charge in [0.2, 0.25) is 0 Å². The second-order valence-corrected chi connectivity index (χ2v) is 5.67. The molecule has 126 valence electrons. The van der Waals surface area contributed by atoms with Crippen LogP contribution in [0.1, 0.15) is 11.3 Å². The first-order valence-electron chi connectivity index (χ1n) is 7.51. The van der Waals surface area contributed by atoms with Gasteiger partial charge in [-0.15, -0.1) is 0 Å². The van der Waals surface area contributed by atoms with Crippen molar-refractivity contribution in [1.29, 1.82) is 0 Å². The highest BCUT2D eigenvalue weighted by atomic mass is 19.4. The summed E-state index contributed by atoms with van der Waals surface area (Å²) in [5.41, 5.74) is 1.53. The number of rotatable bonds is 2. The predicted molar refractivity (Wildman–Crippen MR) is 85.9 cm³/mol. The van der Waals surface area contributed by atoms with E-state index in [-0.39, 0.29) is 17.1 Å². The topological polar surface area (TPSA) is 43.3 Å². The van der Waals surface area contributed by atoms with Crippen molar-refractivity contribution in [3.05, 3.63) is 66.1 Å². The molecule has 3 heterocycles. The van der Waals surface area contributed by atoms with Gasteiger partial charge in [0.25, 0.3) is 0 Å². The maximum atomic E-state index is 13.5. The van der Waals surface area contributed by atoms with E-state index in [1.807, 2.05) is 31.2 Å². The maximum absolute atomic E-state index is 13.5. The highest BCUT2D eigenvalue weighted by molar-refractivity contribution is 5.66. The van der Waals surface area contributed by atoms with E-state index in [0.29, 0.717) is 5.69 Å². The van der Waals surface area contributed by atoms with Gasteiger partial charge in [0.15, 0.2) is 17.1 Å². The van der Waals surface area contributed by atoms with Crippen LogP contribution in [0.5, 0.6) is 0 Å². The van der Waals surface area contributed by atoms with Gasteiger partial charge < -0.3 is 4.42 Å². The first-order valence-corrected chi connectivity index (χ1v) is 7.51. The Balaban J connectivity index is 1.95. The third-order valence-electron chi connectivity index (χ3n) is 3.84. The Morgan fingerprint density at radius 3 is 2.40 bits per heavy atom. The molecule has 4 aromatic rings. The van der Waals surface area contributed by atoms with Crippen LogP contribution in [-0.2, 0) is 6.18 Å². The Bertz CT molecular complexity index is 1030. The highest BCUT2D eigenvalue weighted by Gasteiger charge is 2.35. The van der Waals surface area contributed by atoms with E-state index < -0.39 is 11.9 Å². The molecule has 0 aliphatic rings. The molecule has 0 aliphatic heterocycles. The molecule has 0 saturated carbocycles. The number of furan rings is 1. The second kappa shape index (κ2) is 5.47. The van der Waals surface area contributed by atoms with Gasteiger partial charge in [0.05, 0.1) is 12.0 Å². The van der Waals surface area contributed by atoms with Gasteiger partial charge >= 0.3 is 6.18 Å². The first-order chi connectivity index (χ1) is 11.9. The lowest BCUT2D eigenvalue weighted by molar-refractivity contribution is -0.142. The molecule has 7 heteroatoms. The summed E-state index contributed by atoms with van der Waals surface area (Å²) in [6, 6.07) is 13.0. The molecule has 4 rings (SSSR count). The van der Waals surface area contributed by atoms with Crippen LogP contribution >= 0.6 is 0 Å². The molecule has 0 aliphatic carbocycles. The zero-order valence-electron chi connectivity index (χ0n) is 13.1. The van der Waals surface area contributed by atoms with Gasteiger partial charge in [-0.2, -0.15) is 18.3 Å². The summed E-state index contributed by atoms with van der Waals surface area (Å²) >= 11 is 0. The van der Waals surface area contributed by atoms with Gasteiger partial charge in [0.1, 0.15) is 5.69 Å². The Kier molecular flexibility index (Phi) is 3.38.